The maximum absolute atomic E-state index is 12.7. The largest absolute Gasteiger partial charge is 0.352 e. The lowest BCUT2D eigenvalue weighted by Crippen LogP contribution is -1.78. The molecule has 3 heteroatoms. The van der Waals surface area contributed by atoms with Crippen LogP contribution in [0.2, 0.25) is 0 Å². The van der Waals surface area contributed by atoms with Crippen molar-refractivity contribution in [2.24, 2.45) is 0 Å². The van der Waals surface area contributed by atoms with Gasteiger partial charge in [-0.25, -0.2) is 4.39 Å². The summed E-state index contributed by atoms with van der Waals surface area (Å²) in [6.45, 7) is 0. The Kier molecular flexibility index (Phi) is 1.63. The number of halogens is 1. The van der Waals surface area contributed by atoms with E-state index in [1.54, 1.807) is 18.2 Å². The zero-order valence-corrected chi connectivity index (χ0v) is 6.12. The van der Waals surface area contributed by atoms with Crippen molar-refractivity contribution in [1.29, 1.82) is 0 Å². The summed E-state index contributed by atoms with van der Waals surface area (Å²) in [7, 11) is 0. The van der Waals surface area contributed by atoms with Gasteiger partial charge >= 0.3 is 0 Å². The molecule has 0 aliphatic heterocycles. The molecule has 1 heterocycles. The Balaban J connectivity index is 2.48. The first-order valence-corrected chi connectivity index (χ1v) is 3.45. The van der Waals surface area contributed by atoms with Crippen molar-refractivity contribution in [3.63, 3.8) is 0 Å². The molecule has 1 radical (unpaired) electrons. The van der Waals surface area contributed by atoms with Gasteiger partial charge in [0.1, 0.15) is 11.5 Å². The number of hydrogen-bond donors (Lipinski definition) is 0. The van der Waals surface area contributed by atoms with Gasteiger partial charge in [-0.3, -0.25) is 0 Å². The van der Waals surface area contributed by atoms with Gasteiger partial charge in [-0.05, 0) is 12.1 Å². The lowest BCUT2D eigenvalue weighted by molar-refractivity contribution is 0.415. The van der Waals surface area contributed by atoms with E-state index in [2.05, 4.69) is 15.9 Å². The highest BCUT2D eigenvalue weighted by molar-refractivity contribution is 5.57. The van der Waals surface area contributed by atoms with Gasteiger partial charge in [0, 0.05) is 11.6 Å². The summed E-state index contributed by atoms with van der Waals surface area (Å²) in [6, 6.07) is 7.72. The summed E-state index contributed by atoms with van der Waals surface area (Å²) in [5.41, 5.74) is 1.29. The molecule has 0 unspecified atom stereocenters. The van der Waals surface area contributed by atoms with E-state index in [1.165, 1.54) is 12.1 Å². The van der Waals surface area contributed by atoms with Crippen molar-refractivity contribution in [2.75, 3.05) is 0 Å². The summed E-state index contributed by atoms with van der Waals surface area (Å²) in [5, 5.41) is 3.63. The maximum atomic E-state index is 12.7. The average Bonchev–Trinajstić information content (AvgIpc) is 2.56. The molecule has 0 saturated heterocycles. The monoisotopic (exact) mass is 162 g/mol. The summed E-state index contributed by atoms with van der Waals surface area (Å²) in [5.74, 6) is -0.282. The first-order chi connectivity index (χ1) is 5.86. The van der Waals surface area contributed by atoms with Gasteiger partial charge in [0.25, 0.3) is 0 Å². The van der Waals surface area contributed by atoms with Crippen LogP contribution in [0.3, 0.4) is 0 Å². The summed E-state index contributed by atoms with van der Waals surface area (Å²) in [6.07, 6.45) is 2.44. The molecule has 0 aliphatic carbocycles. The van der Waals surface area contributed by atoms with Gasteiger partial charge in [0.15, 0.2) is 0 Å². The molecule has 2 aromatic rings. The van der Waals surface area contributed by atoms with Crippen LogP contribution in [-0.4, -0.2) is 5.16 Å². The van der Waals surface area contributed by atoms with Crippen LogP contribution >= 0.6 is 0 Å². The summed E-state index contributed by atoms with van der Waals surface area (Å²) < 4.78 is 17.2. The molecule has 2 rings (SSSR count). The van der Waals surface area contributed by atoms with E-state index in [9.17, 15) is 4.39 Å². The molecule has 0 atom stereocenters. The third-order valence-corrected chi connectivity index (χ3v) is 1.51. The molecule has 59 valence electrons. The van der Waals surface area contributed by atoms with Crippen molar-refractivity contribution < 1.29 is 8.91 Å². The maximum Gasteiger partial charge on any atom is 0.205 e. The predicted octanol–water partition coefficient (Wildman–Crippen LogP) is 2.28. The third kappa shape index (κ3) is 1.21. The molecule has 12 heavy (non-hydrogen) atoms. The number of hydrogen-bond acceptors (Lipinski definition) is 2. The van der Waals surface area contributed by atoms with Crippen molar-refractivity contribution in [3.05, 3.63) is 42.4 Å². The molecule has 0 aliphatic rings. The second kappa shape index (κ2) is 2.77. The van der Waals surface area contributed by atoms with Crippen molar-refractivity contribution in [3.8, 4) is 11.3 Å². The van der Waals surface area contributed by atoms with E-state index < -0.39 is 0 Å². The quantitative estimate of drug-likeness (QED) is 0.642. The van der Waals surface area contributed by atoms with E-state index in [1.807, 2.05) is 0 Å². The van der Waals surface area contributed by atoms with Crippen LogP contribution in [-0.2, 0) is 0 Å². The summed E-state index contributed by atoms with van der Waals surface area (Å²) >= 11 is 0. The minimum absolute atomic E-state index is 0.282. The first-order valence-electron chi connectivity index (χ1n) is 3.45. The van der Waals surface area contributed by atoms with Crippen LogP contribution in [0.4, 0.5) is 4.39 Å². The zero-order valence-electron chi connectivity index (χ0n) is 6.12. The van der Waals surface area contributed by atoms with E-state index in [0.29, 0.717) is 11.3 Å². The standard InChI is InChI=1S/C9H5FNO/c10-8-3-1-2-7(6-8)9-4-5-12-11-9/h1-4,6H. The highest BCUT2D eigenvalue weighted by Gasteiger charge is 2.00. The number of nitrogens with zero attached hydrogens (tertiary/aromatic N) is 1. The Morgan fingerprint density at radius 3 is 3.00 bits per heavy atom. The van der Waals surface area contributed by atoms with E-state index in [0.717, 1.165) is 0 Å². The Morgan fingerprint density at radius 2 is 2.33 bits per heavy atom. The lowest BCUT2D eigenvalue weighted by atomic mass is 10.1. The van der Waals surface area contributed by atoms with Crippen molar-refractivity contribution >= 4 is 0 Å². The Hall–Kier alpha value is -1.64. The Morgan fingerprint density at radius 1 is 1.42 bits per heavy atom. The van der Waals surface area contributed by atoms with E-state index in [4.69, 9.17) is 0 Å². The highest BCUT2D eigenvalue weighted by atomic mass is 19.1. The molecule has 0 saturated carbocycles. The second-order valence-corrected chi connectivity index (χ2v) is 2.34. The van der Waals surface area contributed by atoms with Gasteiger partial charge in [0.2, 0.25) is 6.26 Å². The minimum Gasteiger partial charge on any atom is -0.352 e. The molecule has 0 spiro atoms. The van der Waals surface area contributed by atoms with Crippen LogP contribution in [0.25, 0.3) is 11.3 Å². The Bertz CT molecular complexity index is 370. The fourth-order valence-corrected chi connectivity index (χ4v) is 0.968. The molecule has 1 aromatic carbocycles. The first kappa shape index (κ1) is 7.03. The van der Waals surface area contributed by atoms with Gasteiger partial charge in [-0.15, -0.1) is 0 Å². The van der Waals surface area contributed by atoms with E-state index >= 15 is 0 Å². The van der Waals surface area contributed by atoms with Crippen molar-refractivity contribution in [2.45, 2.75) is 0 Å². The smallest absolute Gasteiger partial charge is 0.205 e. The van der Waals surface area contributed by atoms with Gasteiger partial charge in [-0.1, -0.05) is 17.3 Å². The van der Waals surface area contributed by atoms with Crippen LogP contribution in [0, 0.1) is 12.1 Å². The van der Waals surface area contributed by atoms with Crippen LogP contribution in [0.15, 0.2) is 34.9 Å². The molecule has 2 nitrogen and oxygen atoms in total. The van der Waals surface area contributed by atoms with Gasteiger partial charge in [0.05, 0.1) is 0 Å². The van der Waals surface area contributed by atoms with Crippen molar-refractivity contribution in [1.82, 2.24) is 5.16 Å². The molecule has 0 fully saturated rings. The lowest BCUT2D eigenvalue weighted by Gasteiger charge is -1.93. The fourth-order valence-electron chi connectivity index (χ4n) is 0.968. The minimum atomic E-state index is -0.282. The zero-order chi connectivity index (χ0) is 8.39. The highest BCUT2D eigenvalue weighted by Crippen LogP contribution is 2.16. The van der Waals surface area contributed by atoms with Crippen LogP contribution < -0.4 is 0 Å². The SMILES string of the molecule is Fc1cccc(-c2c[c]on2)c1. The van der Waals surface area contributed by atoms with E-state index in [-0.39, 0.29) is 5.82 Å². The third-order valence-electron chi connectivity index (χ3n) is 1.51. The number of rotatable bonds is 1. The van der Waals surface area contributed by atoms with Gasteiger partial charge in [-0.2, -0.15) is 0 Å². The van der Waals surface area contributed by atoms with Crippen LogP contribution in [0.1, 0.15) is 0 Å². The van der Waals surface area contributed by atoms with Crippen LogP contribution in [0.5, 0.6) is 0 Å². The molecule has 0 amide bonds. The number of aromatic nitrogens is 1. The molecule has 1 aromatic heterocycles. The van der Waals surface area contributed by atoms with Gasteiger partial charge < -0.3 is 4.52 Å². The topological polar surface area (TPSA) is 26.0 Å². The Labute approximate surface area is 68.6 Å². The predicted molar refractivity (Wildman–Crippen MR) is 40.7 cm³/mol. The average molecular weight is 162 g/mol. The number of benzene rings is 1. The fraction of sp³-hybridized carbons (Fsp3) is 0. The molecule has 0 N–H and O–H groups in total. The molecule has 0 bridgehead atoms. The summed E-state index contributed by atoms with van der Waals surface area (Å²) in [4.78, 5) is 0. The molecular weight excluding hydrogens is 157 g/mol. The molecular formula is C9H5FNO. The normalized spacial score (nSPS) is 10.1. The second-order valence-electron chi connectivity index (χ2n) is 2.34.